The molecule has 1 aliphatic rings. The lowest BCUT2D eigenvalue weighted by Crippen LogP contribution is -2.08. The number of halogens is 1. The average molecular weight is 275 g/mol. The molecule has 1 aliphatic heterocycles. The molecule has 3 rings (SSSR count). The van der Waals surface area contributed by atoms with E-state index in [1.54, 1.807) is 0 Å². The van der Waals surface area contributed by atoms with Crippen LogP contribution >= 0.6 is 11.6 Å². The molecule has 0 saturated carbocycles. The lowest BCUT2D eigenvalue weighted by Gasteiger charge is -2.17. The SMILES string of the molecule is Cc1ccc(C(Cl)CC2CCCO2)c2ccccc12. The lowest BCUT2D eigenvalue weighted by molar-refractivity contribution is 0.103. The molecule has 0 amide bonds. The van der Waals surface area contributed by atoms with Crippen molar-refractivity contribution in [3.8, 4) is 0 Å². The van der Waals surface area contributed by atoms with Crippen molar-refractivity contribution in [2.24, 2.45) is 0 Å². The van der Waals surface area contributed by atoms with E-state index in [2.05, 4.69) is 43.3 Å². The summed E-state index contributed by atoms with van der Waals surface area (Å²) in [6, 6.07) is 12.8. The Morgan fingerprint density at radius 2 is 2.00 bits per heavy atom. The van der Waals surface area contributed by atoms with E-state index in [1.165, 1.54) is 28.3 Å². The third kappa shape index (κ3) is 2.63. The Hall–Kier alpha value is -1.05. The van der Waals surface area contributed by atoms with Gasteiger partial charge in [0.05, 0.1) is 11.5 Å². The minimum atomic E-state index is 0.0357. The van der Waals surface area contributed by atoms with Crippen LogP contribution in [0.5, 0.6) is 0 Å². The van der Waals surface area contributed by atoms with E-state index in [0.717, 1.165) is 19.4 Å². The van der Waals surface area contributed by atoms with E-state index < -0.39 is 0 Å². The average Bonchev–Trinajstić information content (AvgIpc) is 2.92. The quantitative estimate of drug-likeness (QED) is 0.716. The van der Waals surface area contributed by atoms with Crippen molar-refractivity contribution >= 4 is 22.4 Å². The van der Waals surface area contributed by atoms with Gasteiger partial charge in [-0.1, -0.05) is 36.4 Å². The normalized spacial score (nSPS) is 20.8. The molecular weight excluding hydrogens is 256 g/mol. The first-order valence-corrected chi connectivity index (χ1v) is 7.43. The first-order chi connectivity index (χ1) is 9.25. The van der Waals surface area contributed by atoms with E-state index in [-0.39, 0.29) is 5.38 Å². The van der Waals surface area contributed by atoms with Gasteiger partial charge in [0.1, 0.15) is 0 Å². The van der Waals surface area contributed by atoms with Gasteiger partial charge in [-0.05, 0) is 48.1 Å². The predicted molar refractivity (Wildman–Crippen MR) is 80.9 cm³/mol. The number of fused-ring (bicyclic) bond motifs is 1. The first-order valence-electron chi connectivity index (χ1n) is 6.99. The molecule has 0 spiro atoms. The topological polar surface area (TPSA) is 9.23 Å². The molecule has 2 aromatic rings. The standard InChI is InChI=1S/C17H19ClO/c1-12-8-9-16(15-7-3-2-6-14(12)15)17(18)11-13-5-4-10-19-13/h2-3,6-9,13,17H,4-5,10-11H2,1H3. The van der Waals surface area contributed by atoms with Crippen LogP contribution in [-0.4, -0.2) is 12.7 Å². The molecule has 100 valence electrons. The summed E-state index contributed by atoms with van der Waals surface area (Å²) in [4.78, 5) is 0. The van der Waals surface area contributed by atoms with Crippen LogP contribution in [0.25, 0.3) is 10.8 Å². The summed E-state index contributed by atoms with van der Waals surface area (Å²) in [5.41, 5.74) is 2.54. The summed E-state index contributed by atoms with van der Waals surface area (Å²) in [7, 11) is 0. The molecule has 2 heteroatoms. The Balaban J connectivity index is 1.93. The van der Waals surface area contributed by atoms with Crippen LogP contribution in [0.4, 0.5) is 0 Å². The zero-order valence-electron chi connectivity index (χ0n) is 11.2. The fourth-order valence-corrected chi connectivity index (χ4v) is 3.32. The minimum Gasteiger partial charge on any atom is -0.378 e. The van der Waals surface area contributed by atoms with Gasteiger partial charge >= 0.3 is 0 Å². The van der Waals surface area contributed by atoms with Crippen LogP contribution in [0.2, 0.25) is 0 Å². The Kier molecular flexibility index (Phi) is 3.76. The summed E-state index contributed by atoms with van der Waals surface area (Å²) >= 11 is 6.64. The highest BCUT2D eigenvalue weighted by Crippen LogP contribution is 2.35. The molecule has 2 unspecified atom stereocenters. The molecule has 0 aliphatic carbocycles. The monoisotopic (exact) mass is 274 g/mol. The number of hydrogen-bond donors (Lipinski definition) is 0. The van der Waals surface area contributed by atoms with Crippen molar-refractivity contribution < 1.29 is 4.74 Å². The number of rotatable bonds is 3. The van der Waals surface area contributed by atoms with E-state index in [9.17, 15) is 0 Å². The molecule has 2 aromatic carbocycles. The molecule has 0 N–H and O–H groups in total. The van der Waals surface area contributed by atoms with Crippen LogP contribution in [0.3, 0.4) is 0 Å². The van der Waals surface area contributed by atoms with Gasteiger partial charge in [0.2, 0.25) is 0 Å². The zero-order chi connectivity index (χ0) is 13.2. The third-order valence-corrected chi connectivity index (χ3v) is 4.42. The maximum atomic E-state index is 6.64. The fraction of sp³-hybridized carbons (Fsp3) is 0.412. The second-order valence-electron chi connectivity index (χ2n) is 5.36. The highest BCUT2D eigenvalue weighted by atomic mass is 35.5. The summed E-state index contributed by atoms with van der Waals surface area (Å²) in [5.74, 6) is 0. The highest BCUT2D eigenvalue weighted by Gasteiger charge is 2.21. The van der Waals surface area contributed by atoms with Gasteiger partial charge in [0.15, 0.2) is 0 Å². The van der Waals surface area contributed by atoms with Crippen LogP contribution in [0.1, 0.15) is 35.8 Å². The lowest BCUT2D eigenvalue weighted by atomic mass is 9.96. The Bertz CT molecular complexity index is 572. The van der Waals surface area contributed by atoms with E-state index in [1.807, 2.05) is 0 Å². The third-order valence-electron chi connectivity index (χ3n) is 4.01. The summed E-state index contributed by atoms with van der Waals surface area (Å²) in [6.07, 6.45) is 3.56. The molecule has 19 heavy (non-hydrogen) atoms. The van der Waals surface area contributed by atoms with Crippen molar-refractivity contribution in [3.05, 3.63) is 47.5 Å². The fourth-order valence-electron chi connectivity index (χ4n) is 2.93. The molecule has 1 fully saturated rings. The van der Waals surface area contributed by atoms with Crippen LogP contribution in [0, 0.1) is 6.92 Å². The number of alkyl halides is 1. The number of ether oxygens (including phenoxy) is 1. The molecule has 0 aromatic heterocycles. The molecular formula is C17H19ClO. The van der Waals surface area contributed by atoms with Crippen molar-refractivity contribution in [2.75, 3.05) is 6.61 Å². The van der Waals surface area contributed by atoms with Gasteiger partial charge in [-0.3, -0.25) is 0 Å². The second kappa shape index (κ2) is 5.52. The van der Waals surface area contributed by atoms with Gasteiger partial charge in [0, 0.05) is 6.61 Å². The molecule has 1 saturated heterocycles. The minimum absolute atomic E-state index is 0.0357. The van der Waals surface area contributed by atoms with Crippen molar-refractivity contribution in [2.45, 2.75) is 37.7 Å². The van der Waals surface area contributed by atoms with Gasteiger partial charge < -0.3 is 4.74 Å². The van der Waals surface area contributed by atoms with Crippen molar-refractivity contribution in [3.63, 3.8) is 0 Å². The van der Waals surface area contributed by atoms with E-state index >= 15 is 0 Å². The molecule has 2 atom stereocenters. The number of hydrogen-bond acceptors (Lipinski definition) is 1. The molecule has 1 nitrogen and oxygen atoms in total. The molecule has 0 bridgehead atoms. The smallest absolute Gasteiger partial charge is 0.0615 e. The van der Waals surface area contributed by atoms with Gasteiger partial charge in [-0.15, -0.1) is 11.6 Å². The van der Waals surface area contributed by atoms with Gasteiger partial charge in [-0.25, -0.2) is 0 Å². The first kappa shape index (κ1) is 13.0. The summed E-state index contributed by atoms with van der Waals surface area (Å²) in [5, 5.41) is 2.62. The second-order valence-corrected chi connectivity index (χ2v) is 5.88. The Labute approximate surface area is 119 Å². The van der Waals surface area contributed by atoms with Crippen molar-refractivity contribution in [1.82, 2.24) is 0 Å². The van der Waals surface area contributed by atoms with Crippen LogP contribution in [-0.2, 0) is 4.74 Å². The molecule has 1 heterocycles. The Morgan fingerprint density at radius 1 is 1.21 bits per heavy atom. The largest absolute Gasteiger partial charge is 0.378 e. The molecule has 0 radical (unpaired) electrons. The number of benzene rings is 2. The zero-order valence-corrected chi connectivity index (χ0v) is 12.0. The highest BCUT2D eigenvalue weighted by molar-refractivity contribution is 6.21. The predicted octanol–water partition coefficient (Wildman–Crippen LogP) is 5.00. The van der Waals surface area contributed by atoms with E-state index in [0.29, 0.717) is 6.10 Å². The van der Waals surface area contributed by atoms with Crippen molar-refractivity contribution in [1.29, 1.82) is 0 Å². The van der Waals surface area contributed by atoms with Gasteiger partial charge in [-0.2, -0.15) is 0 Å². The summed E-state index contributed by atoms with van der Waals surface area (Å²) in [6.45, 7) is 3.04. The van der Waals surface area contributed by atoms with Crippen LogP contribution < -0.4 is 0 Å². The maximum Gasteiger partial charge on any atom is 0.0615 e. The summed E-state index contributed by atoms with van der Waals surface area (Å²) < 4.78 is 5.70. The Morgan fingerprint density at radius 3 is 2.74 bits per heavy atom. The number of aryl methyl sites for hydroxylation is 1. The van der Waals surface area contributed by atoms with E-state index in [4.69, 9.17) is 16.3 Å². The maximum absolute atomic E-state index is 6.64. The van der Waals surface area contributed by atoms with Gasteiger partial charge in [0.25, 0.3) is 0 Å². The van der Waals surface area contributed by atoms with Crippen LogP contribution in [0.15, 0.2) is 36.4 Å².